The van der Waals surface area contributed by atoms with Crippen LogP contribution in [0.1, 0.15) is 33.7 Å². The molecule has 1 N–H and O–H groups in total. The molecule has 178 valence electrons. The zero-order valence-electron chi connectivity index (χ0n) is 17.9. The first kappa shape index (κ1) is 23.6. The van der Waals surface area contributed by atoms with Crippen LogP contribution in [0.15, 0.2) is 47.3 Å². The number of hydrogen-bond donors (Lipinski definition) is 1. The van der Waals surface area contributed by atoms with Gasteiger partial charge in [0.05, 0.1) is 29.5 Å². The van der Waals surface area contributed by atoms with Gasteiger partial charge in [0.2, 0.25) is 5.43 Å². The Labute approximate surface area is 197 Å². The number of ether oxygens (including phenoxy) is 2. The lowest BCUT2D eigenvalue weighted by atomic mass is 10.1. The summed E-state index contributed by atoms with van der Waals surface area (Å²) >= 11 is 6.26. The highest BCUT2D eigenvalue weighted by atomic mass is 35.5. The lowest BCUT2D eigenvalue weighted by molar-refractivity contribution is -0.137. The zero-order valence-corrected chi connectivity index (χ0v) is 18.7. The Balaban J connectivity index is 1.62. The van der Waals surface area contributed by atoms with Crippen LogP contribution in [0, 0.1) is 6.92 Å². The maximum Gasteiger partial charge on any atom is 0.418 e. The van der Waals surface area contributed by atoms with Crippen molar-refractivity contribution in [1.82, 2.24) is 15.1 Å². The molecule has 0 radical (unpaired) electrons. The molecule has 34 heavy (non-hydrogen) atoms. The van der Waals surface area contributed by atoms with Crippen molar-refractivity contribution in [2.45, 2.75) is 26.1 Å². The monoisotopic (exact) mass is 493 g/mol. The minimum atomic E-state index is -4.65. The second kappa shape index (κ2) is 9.38. The van der Waals surface area contributed by atoms with Crippen molar-refractivity contribution in [3.8, 4) is 17.2 Å². The first-order valence-electron chi connectivity index (χ1n) is 10.3. The molecule has 0 atom stereocenters. The van der Waals surface area contributed by atoms with Gasteiger partial charge < -0.3 is 14.8 Å². The van der Waals surface area contributed by atoms with E-state index in [9.17, 15) is 22.8 Å². The summed E-state index contributed by atoms with van der Waals surface area (Å²) in [6.45, 7) is 2.32. The maximum atomic E-state index is 13.5. The average Bonchev–Trinajstić information content (AvgIpc) is 3.03. The van der Waals surface area contributed by atoms with Crippen molar-refractivity contribution in [1.29, 1.82) is 0 Å². The molecule has 0 fully saturated rings. The van der Waals surface area contributed by atoms with E-state index >= 15 is 0 Å². The number of fused-ring (bicyclic) bond motifs is 1. The molecule has 0 bridgehead atoms. The molecule has 1 aliphatic rings. The fraction of sp³-hybridized carbons (Fsp3) is 0.261. The van der Waals surface area contributed by atoms with E-state index in [1.54, 1.807) is 12.1 Å². The third-order valence-corrected chi connectivity index (χ3v) is 5.36. The zero-order chi connectivity index (χ0) is 24.5. The number of rotatable bonds is 4. The molecule has 0 saturated carbocycles. The van der Waals surface area contributed by atoms with Crippen molar-refractivity contribution in [3.05, 3.63) is 80.2 Å². The van der Waals surface area contributed by atoms with Crippen LogP contribution in [0.2, 0.25) is 5.02 Å². The Morgan fingerprint density at radius 1 is 1.18 bits per heavy atom. The Bertz CT molecular complexity index is 1310. The number of carbonyl (C=O) groups is 1. The number of alkyl halides is 3. The molecule has 1 aliphatic heterocycles. The summed E-state index contributed by atoms with van der Waals surface area (Å²) in [6.07, 6.45) is -3.95. The molecular weight excluding hydrogens is 475 g/mol. The number of nitrogens with zero attached hydrogens (tertiary/aromatic N) is 2. The van der Waals surface area contributed by atoms with E-state index in [0.29, 0.717) is 41.7 Å². The molecular formula is C23H19ClF3N3O4. The Morgan fingerprint density at radius 2 is 1.91 bits per heavy atom. The first-order valence-corrected chi connectivity index (χ1v) is 10.7. The van der Waals surface area contributed by atoms with Crippen molar-refractivity contribution in [2.75, 3.05) is 13.2 Å². The van der Waals surface area contributed by atoms with Gasteiger partial charge in [-0.15, -0.1) is 0 Å². The van der Waals surface area contributed by atoms with Gasteiger partial charge in [-0.1, -0.05) is 23.7 Å². The van der Waals surface area contributed by atoms with Gasteiger partial charge in [-0.3, -0.25) is 9.59 Å². The molecule has 0 saturated heterocycles. The average molecular weight is 494 g/mol. The number of benzene rings is 2. The standard InChI is InChI=1S/C23H19ClF3N3O4/c1-13-9-18(31)20(29-30(13)17-6-3-2-5-15(17)23(25,26)27)22(32)28-12-14-10-16(24)21-19(11-14)33-7-4-8-34-21/h2-3,5-6,9-11H,4,7-8,12H2,1H3,(H,28,32). The number of nitrogens with one attached hydrogen (secondary N) is 1. The molecule has 3 aromatic rings. The van der Waals surface area contributed by atoms with Crippen LogP contribution in [0.4, 0.5) is 13.2 Å². The number of hydrogen-bond acceptors (Lipinski definition) is 5. The quantitative estimate of drug-likeness (QED) is 0.586. The number of amides is 1. The van der Waals surface area contributed by atoms with E-state index in [1.807, 2.05) is 0 Å². The van der Waals surface area contributed by atoms with E-state index in [2.05, 4.69) is 10.4 Å². The largest absolute Gasteiger partial charge is 0.489 e. The predicted octanol–water partition coefficient (Wildman–Crippen LogP) is 4.30. The van der Waals surface area contributed by atoms with Gasteiger partial charge in [0, 0.05) is 24.7 Å². The summed E-state index contributed by atoms with van der Waals surface area (Å²) in [5.74, 6) is 0.0148. The minimum absolute atomic E-state index is 0.0245. The summed E-state index contributed by atoms with van der Waals surface area (Å²) in [4.78, 5) is 25.2. The van der Waals surface area contributed by atoms with Gasteiger partial charge in [-0.05, 0) is 36.8 Å². The number of aromatic nitrogens is 2. The summed E-state index contributed by atoms with van der Waals surface area (Å²) < 4.78 is 52.6. The van der Waals surface area contributed by atoms with E-state index < -0.39 is 28.8 Å². The smallest absolute Gasteiger partial charge is 0.418 e. The van der Waals surface area contributed by atoms with E-state index in [1.165, 1.54) is 25.1 Å². The second-order valence-corrected chi connectivity index (χ2v) is 7.97. The summed E-state index contributed by atoms with van der Waals surface area (Å²) in [5.41, 5.74) is -1.76. The van der Waals surface area contributed by atoms with Gasteiger partial charge in [-0.2, -0.15) is 18.3 Å². The van der Waals surface area contributed by atoms with Crippen LogP contribution in [0.5, 0.6) is 11.5 Å². The Hall–Kier alpha value is -3.53. The highest BCUT2D eigenvalue weighted by Crippen LogP contribution is 2.38. The molecule has 11 heteroatoms. The van der Waals surface area contributed by atoms with E-state index in [4.69, 9.17) is 21.1 Å². The van der Waals surface area contributed by atoms with Crippen molar-refractivity contribution >= 4 is 17.5 Å². The van der Waals surface area contributed by atoms with Gasteiger partial charge in [0.1, 0.15) is 0 Å². The van der Waals surface area contributed by atoms with E-state index in [-0.39, 0.29) is 17.9 Å². The third kappa shape index (κ3) is 4.86. The van der Waals surface area contributed by atoms with Crippen LogP contribution in [0.3, 0.4) is 0 Å². The number of carbonyl (C=O) groups excluding carboxylic acids is 1. The number of aryl methyl sites for hydroxylation is 1. The Kier molecular flexibility index (Phi) is 6.52. The van der Waals surface area contributed by atoms with Crippen LogP contribution < -0.4 is 20.2 Å². The summed E-state index contributed by atoms with van der Waals surface area (Å²) in [6, 6.07) is 9.11. The predicted molar refractivity (Wildman–Crippen MR) is 118 cm³/mol. The molecule has 0 unspecified atom stereocenters. The molecule has 2 aromatic carbocycles. The SMILES string of the molecule is Cc1cc(=O)c(C(=O)NCc2cc(Cl)c3c(c2)OCCCO3)nn1-c1ccccc1C(F)(F)F. The second-order valence-electron chi connectivity index (χ2n) is 7.56. The molecule has 4 rings (SSSR count). The third-order valence-electron chi connectivity index (χ3n) is 5.08. The lowest BCUT2D eigenvalue weighted by Gasteiger charge is -2.16. The highest BCUT2D eigenvalue weighted by molar-refractivity contribution is 6.32. The van der Waals surface area contributed by atoms with Gasteiger partial charge in [0.15, 0.2) is 17.2 Å². The number of halogens is 4. The van der Waals surface area contributed by atoms with Crippen molar-refractivity contribution < 1.29 is 27.4 Å². The van der Waals surface area contributed by atoms with Crippen molar-refractivity contribution in [3.63, 3.8) is 0 Å². The normalized spacial score (nSPS) is 13.3. The van der Waals surface area contributed by atoms with Crippen LogP contribution in [-0.4, -0.2) is 28.9 Å². The molecule has 0 aliphatic carbocycles. The van der Waals surface area contributed by atoms with Crippen molar-refractivity contribution in [2.24, 2.45) is 0 Å². The first-order chi connectivity index (χ1) is 16.1. The maximum absolute atomic E-state index is 13.5. The fourth-order valence-corrected chi connectivity index (χ4v) is 3.79. The highest BCUT2D eigenvalue weighted by Gasteiger charge is 2.34. The molecule has 0 spiro atoms. The summed E-state index contributed by atoms with van der Waals surface area (Å²) in [7, 11) is 0. The number of para-hydroxylation sites is 1. The van der Waals surface area contributed by atoms with Crippen LogP contribution in [-0.2, 0) is 12.7 Å². The van der Waals surface area contributed by atoms with Crippen LogP contribution >= 0.6 is 11.6 Å². The minimum Gasteiger partial charge on any atom is -0.489 e. The van der Waals surface area contributed by atoms with Gasteiger partial charge in [-0.25, -0.2) is 4.68 Å². The van der Waals surface area contributed by atoms with Gasteiger partial charge in [0.25, 0.3) is 5.91 Å². The summed E-state index contributed by atoms with van der Waals surface area (Å²) in [5, 5.41) is 6.82. The van der Waals surface area contributed by atoms with Crippen LogP contribution in [0.25, 0.3) is 5.69 Å². The van der Waals surface area contributed by atoms with E-state index in [0.717, 1.165) is 16.8 Å². The molecule has 7 nitrogen and oxygen atoms in total. The Morgan fingerprint density at radius 3 is 2.68 bits per heavy atom. The van der Waals surface area contributed by atoms with Gasteiger partial charge >= 0.3 is 6.18 Å². The molecule has 1 amide bonds. The lowest BCUT2D eigenvalue weighted by Crippen LogP contribution is -2.32. The topological polar surface area (TPSA) is 82.5 Å². The fourth-order valence-electron chi connectivity index (χ4n) is 3.50. The molecule has 1 aromatic heterocycles. The molecule has 2 heterocycles.